The molecule has 0 unspecified atom stereocenters. The van der Waals surface area contributed by atoms with E-state index in [0.29, 0.717) is 0 Å². The molecule has 4 heteroatoms. The van der Waals surface area contributed by atoms with Crippen molar-refractivity contribution < 1.29 is 14.0 Å². The van der Waals surface area contributed by atoms with Crippen molar-refractivity contribution in [1.82, 2.24) is 0 Å². The lowest BCUT2D eigenvalue weighted by Crippen LogP contribution is -2.41. The van der Waals surface area contributed by atoms with Crippen LogP contribution < -0.4 is 4.74 Å². The lowest BCUT2D eigenvalue weighted by molar-refractivity contribution is 0.00578. The maximum atomic E-state index is 6.27. The van der Waals surface area contributed by atoms with E-state index < -0.39 is 0 Å². The van der Waals surface area contributed by atoms with Crippen molar-refractivity contribution in [2.24, 2.45) is 0 Å². The minimum atomic E-state index is -0.282. The van der Waals surface area contributed by atoms with E-state index in [1.807, 2.05) is 12.1 Å². The van der Waals surface area contributed by atoms with Crippen molar-refractivity contribution in [3.63, 3.8) is 0 Å². The molecule has 0 amide bonds. The Morgan fingerprint density at radius 1 is 1.00 bits per heavy atom. The van der Waals surface area contributed by atoms with Gasteiger partial charge in [-0.1, -0.05) is 18.2 Å². The molecule has 1 aromatic carbocycles. The fourth-order valence-corrected chi connectivity index (χ4v) is 2.89. The van der Waals surface area contributed by atoms with Gasteiger partial charge in [0.15, 0.2) is 0 Å². The first-order chi connectivity index (χ1) is 9.32. The fourth-order valence-electron chi connectivity index (χ4n) is 2.89. The Bertz CT molecular complexity index is 504. The zero-order valence-corrected chi connectivity index (χ0v) is 13.0. The van der Waals surface area contributed by atoms with Gasteiger partial charge < -0.3 is 14.0 Å². The van der Waals surface area contributed by atoms with Crippen LogP contribution in [0, 0.1) is 0 Å². The van der Waals surface area contributed by atoms with Crippen LogP contribution in [0.15, 0.2) is 24.3 Å². The van der Waals surface area contributed by atoms with Crippen LogP contribution in [0.3, 0.4) is 0 Å². The molecular weight excluding hydrogens is 251 g/mol. The quantitative estimate of drug-likeness (QED) is 0.791. The molecule has 0 N–H and O–H groups in total. The highest BCUT2D eigenvalue weighted by Gasteiger charge is 2.65. The van der Waals surface area contributed by atoms with Gasteiger partial charge in [0.2, 0.25) is 0 Å². The largest absolute Gasteiger partial charge is 0.496 e. The van der Waals surface area contributed by atoms with Crippen molar-refractivity contribution in [3.8, 4) is 5.75 Å². The molecule has 20 heavy (non-hydrogen) atoms. The minimum absolute atomic E-state index is 0.0440. The Morgan fingerprint density at radius 2 is 1.55 bits per heavy atom. The normalized spacial score (nSPS) is 25.6. The summed E-state index contributed by atoms with van der Waals surface area (Å²) in [4.78, 5) is 0. The van der Waals surface area contributed by atoms with Gasteiger partial charge in [-0.15, -0.1) is 0 Å². The molecule has 1 saturated heterocycles. The molecule has 0 bridgehead atoms. The standard InChI is InChI=1S/C16H23BO3/c1-14(2)15(3,4)20-17(19-14)16(10-11-16)12-8-6-7-9-13(12)18-5/h6-9H,10-11H2,1-5H3. The summed E-state index contributed by atoms with van der Waals surface area (Å²) in [7, 11) is 1.53. The molecule has 0 radical (unpaired) electrons. The summed E-state index contributed by atoms with van der Waals surface area (Å²) in [5.41, 5.74) is 0.644. The van der Waals surface area contributed by atoms with Gasteiger partial charge in [-0.25, -0.2) is 0 Å². The van der Waals surface area contributed by atoms with E-state index in [1.54, 1.807) is 7.11 Å². The van der Waals surface area contributed by atoms with E-state index >= 15 is 0 Å². The molecule has 2 aliphatic rings. The Hall–Kier alpha value is -0.995. The van der Waals surface area contributed by atoms with Crippen molar-refractivity contribution >= 4 is 7.12 Å². The molecular formula is C16H23BO3. The average Bonchev–Trinajstić information content (AvgIpc) is 3.14. The van der Waals surface area contributed by atoms with Gasteiger partial charge in [-0.05, 0) is 52.2 Å². The van der Waals surface area contributed by atoms with Gasteiger partial charge in [0, 0.05) is 5.31 Å². The van der Waals surface area contributed by atoms with Crippen molar-refractivity contribution in [2.75, 3.05) is 7.11 Å². The monoisotopic (exact) mass is 274 g/mol. The number of ether oxygens (including phenoxy) is 1. The van der Waals surface area contributed by atoms with Crippen LogP contribution in [0.4, 0.5) is 0 Å². The predicted molar refractivity (Wildman–Crippen MR) is 80.0 cm³/mol. The van der Waals surface area contributed by atoms with E-state index in [2.05, 4.69) is 39.8 Å². The molecule has 108 valence electrons. The second-order valence-corrected chi connectivity index (χ2v) is 6.94. The molecule has 0 atom stereocenters. The molecule has 0 aromatic heterocycles. The summed E-state index contributed by atoms with van der Waals surface area (Å²) in [6.45, 7) is 8.41. The molecule has 3 nitrogen and oxygen atoms in total. The fraction of sp³-hybridized carbons (Fsp3) is 0.625. The zero-order chi connectivity index (χ0) is 14.6. The molecule has 3 rings (SSSR count). The van der Waals surface area contributed by atoms with Crippen LogP contribution in [0.5, 0.6) is 5.75 Å². The highest BCUT2D eigenvalue weighted by Crippen LogP contribution is 2.57. The van der Waals surface area contributed by atoms with Crippen LogP contribution in [0.25, 0.3) is 0 Å². The van der Waals surface area contributed by atoms with Crippen molar-refractivity contribution in [3.05, 3.63) is 29.8 Å². The van der Waals surface area contributed by atoms with Gasteiger partial charge in [0.1, 0.15) is 5.75 Å². The second-order valence-electron chi connectivity index (χ2n) is 6.94. The molecule has 1 saturated carbocycles. The Kier molecular flexibility index (Phi) is 2.97. The summed E-state index contributed by atoms with van der Waals surface area (Å²) >= 11 is 0. The first kappa shape index (κ1) is 14.0. The smallest absolute Gasteiger partial charge is 0.469 e. The lowest BCUT2D eigenvalue weighted by Gasteiger charge is -2.32. The summed E-state index contributed by atoms with van der Waals surface area (Å²) in [6.07, 6.45) is 2.17. The first-order valence-electron chi connectivity index (χ1n) is 7.32. The molecule has 1 aromatic rings. The van der Waals surface area contributed by atoms with Crippen LogP contribution in [0.2, 0.25) is 0 Å². The third kappa shape index (κ3) is 1.89. The number of rotatable bonds is 3. The Morgan fingerprint density at radius 3 is 2.05 bits per heavy atom. The number of hydrogen-bond donors (Lipinski definition) is 0. The van der Waals surface area contributed by atoms with Crippen LogP contribution in [0.1, 0.15) is 46.1 Å². The van der Waals surface area contributed by atoms with Gasteiger partial charge in [-0.3, -0.25) is 0 Å². The summed E-state index contributed by atoms with van der Waals surface area (Å²) in [6, 6.07) is 8.21. The number of methoxy groups -OCH3 is 1. The van der Waals surface area contributed by atoms with Crippen molar-refractivity contribution in [1.29, 1.82) is 0 Å². The lowest BCUT2D eigenvalue weighted by atomic mass is 9.64. The number of benzene rings is 1. The minimum Gasteiger partial charge on any atom is -0.496 e. The van der Waals surface area contributed by atoms with Crippen LogP contribution >= 0.6 is 0 Å². The SMILES string of the molecule is COc1ccccc1C1(B2OC(C)(C)C(C)(C)O2)CC1. The molecule has 1 aliphatic carbocycles. The maximum Gasteiger partial charge on any atom is 0.469 e. The van der Waals surface area contributed by atoms with Gasteiger partial charge >= 0.3 is 7.12 Å². The number of hydrogen-bond acceptors (Lipinski definition) is 3. The highest BCUT2D eigenvalue weighted by molar-refractivity contribution is 6.51. The van der Waals surface area contributed by atoms with Gasteiger partial charge in [0.05, 0.1) is 18.3 Å². The average molecular weight is 274 g/mol. The van der Waals surface area contributed by atoms with Crippen molar-refractivity contribution in [2.45, 2.75) is 57.1 Å². The van der Waals surface area contributed by atoms with Gasteiger partial charge in [0.25, 0.3) is 0 Å². The van der Waals surface area contributed by atoms with Crippen LogP contribution in [-0.2, 0) is 14.6 Å². The molecule has 0 spiro atoms. The predicted octanol–water partition coefficient (Wildman–Crippen LogP) is 3.36. The highest BCUT2D eigenvalue weighted by atomic mass is 16.7. The molecule has 1 heterocycles. The van der Waals surface area contributed by atoms with E-state index in [1.165, 1.54) is 5.56 Å². The molecule has 1 aliphatic heterocycles. The summed E-state index contributed by atoms with van der Waals surface area (Å²) in [5, 5.41) is -0.0440. The summed E-state index contributed by atoms with van der Waals surface area (Å²) < 4.78 is 18.1. The first-order valence-corrected chi connectivity index (χ1v) is 7.32. The zero-order valence-electron chi connectivity index (χ0n) is 13.0. The van der Waals surface area contributed by atoms with E-state index in [4.69, 9.17) is 14.0 Å². The molecule has 2 fully saturated rings. The third-order valence-corrected chi connectivity index (χ3v) is 5.14. The van der Waals surface area contributed by atoms with E-state index in [-0.39, 0.29) is 23.6 Å². The Labute approximate surface area is 121 Å². The summed E-state index contributed by atoms with van der Waals surface area (Å²) in [5.74, 6) is 0.930. The van der Waals surface area contributed by atoms with E-state index in [0.717, 1.165) is 18.6 Å². The second kappa shape index (κ2) is 4.25. The van der Waals surface area contributed by atoms with E-state index in [9.17, 15) is 0 Å². The Balaban J connectivity index is 1.95. The van der Waals surface area contributed by atoms with Gasteiger partial charge in [-0.2, -0.15) is 0 Å². The number of para-hydroxylation sites is 1. The van der Waals surface area contributed by atoms with Crippen LogP contribution in [-0.4, -0.2) is 25.4 Å². The maximum absolute atomic E-state index is 6.27. The third-order valence-electron chi connectivity index (χ3n) is 5.14. The topological polar surface area (TPSA) is 27.7 Å².